The SMILES string of the molecule is C(=C\c1nc2ccccc2s1)/c1ccccc1.C1=CC2C=c3ccccc3=C3c4ccccc4OC(=C1)C32.O=c1ccc2ccccc2[nH]1.c1cc2ccc3ccc(-c4ncncn4)c4ccc(c1)c2c34.c1ccc2[nH]c(Cc3nc4ccccc4[nH]3)nc2c1. The van der Waals surface area contributed by atoms with Crippen LogP contribution in [0.3, 0.4) is 0 Å². The van der Waals surface area contributed by atoms with E-state index in [4.69, 9.17) is 4.74 Å². The van der Waals surface area contributed by atoms with Crippen LogP contribution in [0.25, 0.3) is 111 Å². The Balaban J connectivity index is 0.0000000953. The molecule has 430 valence electrons. The molecule has 0 radical (unpaired) electrons. The fraction of sp³-hybridized carbons (Fsp3) is 0.0385. The van der Waals surface area contributed by atoms with Crippen LogP contribution >= 0.6 is 11.3 Å². The van der Waals surface area contributed by atoms with Gasteiger partial charge in [0.15, 0.2) is 5.82 Å². The van der Waals surface area contributed by atoms with E-state index in [2.05, 4.69) is 197 Å². The number of ether oxygens (including phenoxy) is 1. The van der Waals surface area contributed by atoms with E-state index in [1.165, 1.54) is 70.2 Å². The number of thiazole rings is 1. The number of allylic oxidation sites excluding steroid dienone is 4. The molecular formula is C78H55N9O2S. The van der Waals surface area contributed by atoms with Crippen LogP contribution in [0.1, 0.15) is 27.8 Å². The molecule has 1 aliphatic heterocycles. The summed E-state index contributed by atoms with van der Waals surface area (Å²) in [5.74, 6) is 5.33. The average Bonchev–Trinajstić information content (AvgIpc) is 1.05. The van der Waals surface area contributed by atoms with Crippen molar-refractivity contribution in [2.24, 2.45) is 11.8 Å². The van der Waals surface area contributed by atoms with Crippen molar-refractivity contribution in [1.82, 2.24) is 44.9 Å². The molecule has 90 heavy (non-hydrogen) atoms. The van der Waals surface area contributed by atoms with Crippen LogP contribution in [-0.2, 0) is 6.42 Å². The first-order valence-electron chi connectivity index (χ1n) is 29.8. The standard InChI is InChI=1S/C20H14O.C19H11N3.C15H12N4.C15H11NS.C9H7NO/c1-2-8-15-13(6-1)12-14-7-5-11-18-19(14)20(15)16-9-3-4-10-17(16)21-18;1-2-12-4-5-14-7-9-16(19-21-10-20-11-22-19)15-8-6-13(3-1)17(12)18(14)15;1-2-6-11-10(5-1)16-14(17-11)9-15-18-12-7-3-4-8-13(12)19-15;1-2-6-12(7-3-1)10-11-15-16-13-8-4-5-9-14(13)17-15;11-9-6-5-7-3-1-2-4-8(7)10-9/h1-12,14,19H;1-11H;1-8H,9H2,(H,16,17)(H,18,19);1-11H;1-6H,(H,10,11)/b;;;11-10+;. The van der Waals surface area contributed by atoms with Crippen molar-refractivity contribution in [2.45, 2.75) is 6.42 Å². The highest BCUT2D eigenvalue weighted by molar-refractivity contribution is 7.19. The number of para-hydroxylation sites is 7. The zero-order valence-electron chi connectivity index (χ0n) is 48.5. The largest absolute Gasteiger partial charge is 0.460 e. The minimum absolute atomic E-state index is 0.0521. The van der Waals surface area contributed by atoms with Crippen molar-refractivity contribution < 1.29 is 4.74 Å². The average molecular weight is 1180 g/mol. The number of benzene rings is 11. The maximum Gasteiger partial charge on any atom is 0.248 e. The Labute approximate surface area is 520 Å². The Morgan fingerprint density at radius 2 is 1.12 bits per heavy atom. The highest BCUT2D eigenvalue weighted by atomic mass is 32.1. The second-order valence-electron chi connectivity index (χ2n) is 22.0. The van der Waals surface area contributed by atoms with Gasteiger partial charge in [-0.1, -0.05) is 200 Å². The first kappa shape index (κ1) is 54.9. The van der Waals surface area contributed by atoms with Crippen LogP contribution in [0.2, 0.25) is 0 Å². The van der Waals surface area contributed by atoms with Gasteiger partial charge < -0.3 is 19.7 Å². The van der Waals surface area contributed by atoms with E-state index < -0.39 is 0 Å². The van der Waals surface area contributed by atoms with Crippen molar-refractivity contribution >= 4 is 111 Å². The van der Waals surface area contributed by atoms with Gasteiger partial charge in [-0.15, -0.1) is 11.3 Å². The number of aromatic nitrogens is 9. The number of pyridine rings is 1. The molecule has 0 saturated carbocycles. The van der Waals surface area contributed by atoms with E-state index >= 15 is 0 Å². The van der Waals surface area contributed by atoms with Gasteiger partial charge in [0, 0.05) is 28.6 Å². The molecule has 2 aliphatic carbocycles. The molecule has 2 atom stereocenters. The molecule has 0 fully saturated rings. The van der Waals surface area contributed by atoms with Crippen molar-refractivity contribution in [1.29, 1.82) is 0 Å². The molecule has 0 bridgehead atoms. The number of fused-ring (bicyclic) bond motifs is 7. The number of nitrogens with one attached hydrogen (secondary N) is 3. The number of hydrogen-bond donors (Lipinski definition) is 3. The predicted octanol–water partition coefficient (Wildman–Crippen LogP) is 16.2. The molecule has 19 rings (SSSR count). The molecule has 11 aromatic carbocycles. The Morgan fingerprint density at radius 3 is 1.89 bits per heavy atom. The molecule has 0 amide bonds. The highest BCUT2D eigenvalue weighted by Crippen LogP contribution is 2.46. The first-order chi connectivity index (χ1) is 44.5. The van der Waals surface area contributed by atoms with Gasteiger partial charge in [0.2, 0.25) is 5.56 Å². The summed E-state index contributed by atoms with van der Waals surface area (Å²) in [5.41, 5.74) is 10.9. The number of nitrogens with zero attached hydrogens (tertiary/aromatic N) is 6. The molecule has 2 unspecified atom stereocenters. The lowest BCUT2D eigenvalue weighted by molar-refractivity contribution is 0.344. The van der Waals surface area contributed by atoms with Crippen LogP contribution in [0.15, 0.2) is 284 Å². The molecule has 3 aliphatic rings. The smallest absolute Gasteiger partial charge is 0.248 e. The van der Waals surface area contributed by atoms with E-state index in [1.54, 1.807) is 24.0 Å². The topological polar surface area (TPSA) is 151 Å². The summed E-state index contributed by atoms with van der Waals surface area (Å²) >= 11 is 1.72. The number of H-pyrrole nitrogens is 3. The van der Waals surface area contributed by atoms with Crippen molar-refractivity contribution in [3.8, 4) is 17.1 Å². The maximum atomic E-state index is 10.8. The van der Waals surface area contributed by atoms with Crippen LogP contribution in [-0.4, -0.2) is 44.9 Å². The van der Waals surface area contributed by atoms with Gasteiger partial charge in [-0.25, -0.2) is 29.9 Å². The number of imidazole rings is 2. The summed E-state index contributed by atoms with van der Waals surface area (Å²) < 4.78 is 7.39. The lowest BCUT2D eigenvalue weighted by Crippen LogP contribution is -2.40. The Hall–Kier alpha value is -11.7. The van der Waals surface area contributed by atoms with Crippen LogP contribution in [0.4, 0.5) is 0 Å². The Kier molecular flexibility index (Phi) is 15.0. The van der Waals surface area contributed by atoms with E-state index in [0.717, 1.165) is 72.2 Å². The molecule has 12 heteroatoms. The minimum atomic E-state index is -0.0521. The molecular weight excluding hydrogens is 1130 g/mol. The summed E-state index contributed by atoms with van der Waals surface area (Å²) in [5, 5.41) is 12.4. The van der Waals surface area contributed by atoms with E-state index in [-0.39, 0.29) is 5.56 Å². The molecule has 5 aromatic heterocycles. The summed E-state index contributed by atoms with van der Waals surface area (Å²) in [4.78, 5) is 46.4. The number of aromatic amines is 3. The normalized spacial score (nSPS) is 14.2. The summed E-state index contributed by atoms with van der Waals surface area (Å²) in [6, 6.07) is 82.1. The van der Waals surface area contributed by atoms with Gasteiger partial charge in [0.05, 0.1) is 44.6 Å². The second-order valence-corrected chi connectivity index (χ2v) is 23.0. The van der Waals surface area contributed by atoms with E-state index in [0.29, 0.717) is 24.1 Å². The highest BCUT2D eigenvalue weighted by Gasteiger charge is 2.37. The minimum Gasteiger partial charge on any atom is -0.460 e. The molecule has 6 heterocycles. The van der Waals surface area contributed by atoms with Gasteiger partial charge in [0.1, 0.15) is 40.8 Å². The van der Waals surface area contributed by atoms with E-state index in [9.17, 15) is 4.79 Å². The fourth-order valence-electron chi connectivity index (χ4n) is 12.2. The van der Waals surface area contributed by atoms with Crippen LogP contribution in [0.5, 0.6) is 5.75 Å². The molecule has 0 spiro atoms. The van der Waals surface area contributed by atoms with Crippen molar-refractivity contribution in [2.75, 3.05) is 0 Å². The molecule has 0 saturated heterocycles. The summed E-state index contributed by atoms with van der Waals surface area (Å²) in [6.45, 7) is 0. The van der Waals surface area contributed by atoms with Gasteiger partial charge in [-0.3, -0.25) is 4.79 Å². The number of hydrogen-bond acceptors (Lipinski definition) is 9. The third-order valence-corrected chi connectivity index (χ3v) is 17.3. The number of rotatable bonds is 5. The fourth-order valence-corrected chi connectivity index (χ4v) is 13.1. The quantitative estimate of drug-likeness (QED) is 0.144. The van der Waals surface area contributed by atoms with Crippen LogP contribution in [0, 0.1) is 11.8 Å². The van der Waals surface area contributed by atoms with E-state index in [1.807, 2.05) is 121 Å². The van der Waals surface area contributed by atoms with Crippen molar-refractivity contribution in [3.05, 3.63) is 328 Å². The monoisotopic (exact) mass is 1180 g/mol. The zero-order chi connectivity index (χ0) is 60.2. The molecule has 16 aromatic rings. The van der Waals surface area contributed by atoms with Gasteiger partial charge in [0.25, 0.3) is 0 Å². The van der Waals surface area contributed by atoms with Gasteiger partial charge >= 0.3 is 0 Å². The van der Waals surface area contributed by atoms with Crippen LogP contribution < -0.4 is 20.7 Å². The molecule has 11 nitrogen and oxygen atoms in total. The lowest BCUT2D eigenvalue weighted by Gasteiger charge is -2.37. The van der Waals surface area contributed by atoms with Gasteiger partial charge in [-0.2, -0.15) is 0 Å². The second kappa shape index (κ2) is 24.6. The lowest BCUT2D eigenvalue weighted by atomic mass is 9.73. The third-order valence-electron chi connectivity index (χ3n) is 16.3. The maximum absolute atomic E-state index is 10.8. The third kappa shape index (κ3) is 11.3. The predicted molar refractivity (Wildman–Crippen MR) is 367 cm³/mol. The summed E-state index contributed by atoms with van der Waals surface area (Å²) in [6.07, 6.45) is 16.8. The molecule has 3 N–H and O–H groups in total. The first-order valence-corrected chi connectivity index (χ1v) is 30.6. The summed E-state index contributed by atoms with van der Waals surface area (Å²) in [7, 11) is 0. The van der Waals surface area contributed by atoms with Crippen molar-refractivity contribution in [3.63, 3.8) is 0 Å². The zero-order valence-corrected chi connectivity index (χ0v) is 49.3. The van der Waals surface area contributed by atoms with Gasteiger partial charge in [-0.05, 0) is 132 Å². The Morgan fingerprint density at radius 1 is 0.500 bits per heavy atom. The Bertz CT molecular complexity index is 5390.